The number of allylic oxidation sites excluding steroid dienone is 9. The Labute approximate surface area is 142 Å². The van der Waals surface area contributed by atoms with Crippen LogP contribution in [0.1, 0.15) is 51.7 Å². The summed E-state index contributed by atoms with van der Waals surface area (Å²) in [5.41, 5.74) is 8.19. The third-order valence-corrected chi connectivity index (χ3v) is 4.08. The van der Waals surface area contributed by atoms with Crippen molar-refractivity contribution in [1.29, 1.82) is 0 Å². The number of rotatable bonds is 7. The molecule has 0 radical (unpaired) electrons. The molecule has 0 saturated carbocycles. The van der Waals surface area contributed by atoms with Gasteiger partial charge >= 0.3 is 0 Å². The fourth-order valence-electron chi connectivity index (χ4n) is 2.68. The predicted molar refractivity (Wildman–Crippen MR) is 106 cm³/mol. The normalized spacial score (nSPS) is 12.6. The number of aryl methyl sites for hydroxylation is 1. The summed E-state index contributed by atoms with van der Waals surface area (Å²) in [7, 11) is 0. The fraction of sp³-hybridized carbons (Fsp3) is 0.304. The molecule has 0 heteroatoms. The second-order valence-electron chi connectivity index (χ2n) is 6.06. The Bertz CT molecular complexity index is 644. The second-order valence-corrected chi connectivity index (χ2v) is 6.06. The topological polar surface area (TPSA) is 0 Å². The lowest BCUT2D eigenvalue weighted by molar-refractivity contribution is 1.18. The summed E-state index contributed by atoms with van der Waals surface area (Å²) >= 11 is 0. The predicted octanol–water partition coefficient (Wildman–Crippen LogP) is 7.20. The molecule has 0 bridgehead atoms. The summed E-state index contributed by atoms with van der Waals surface area (Å²) in [5, 5.41) is 0. The lowest BCUT2D eigenvalue weighted by atomic mass is 9.94. The Morgan fingerprint density at radius 3 is 2.35 bits per heavy atom. The highest BCUT2D eigenvalue weighted by molar-refractivity contribution is 5.72. The fourth-order valence-corrected chi connectivity index (χ4v) is 2.68. The highest BCUT2D eigenvalue weighted by Gasteiger charge is 2.04. The molecule has 0 N–H and O–H groups in total. The van der Waals surface area contributed by atoms with Crippen LogP contribution in [0.15, 0.2) is 77.9 Å². The van der Waals surface area contributed by atoms with Crippen molar-refractivity contribution < 1.29 is 0 Å². The minimum atomic E-state index is 0.953. The van der Waals surface area contributed by atoms with Gasteiger partial charge in [0.15, 0.2) is 0 Å². The van der Waals surface area contributed by atoms with Gasteiger partial charge in [0.1, 0.15) is 0 Å². The van der Waals surface area contributed by atoms with Crippen molar-refractivity contribution in [2.24, 2.45) is 0 Å². The van der Waals surface area contributed by atoms with E-state index in [0.29, 0.717) is 0 Å². The average Bonchev–Trinajstić information content (AvgIpc) is 2.52. The van der Waals surface area contributed by atoms with Crippen molar-refractivity contribution in [2.75, 3.05) is 0 Å². The lowest BCUT2D eigenvalue weighted by Crippen LogP contribution is -1.90. The number of hydrogen-bond donors (Lipinski definition) is 0. The van der Waals surface area contributed by atoms with Crippen LogP contribution >= 0.6 is 0 Å². The van der Waals surface area contributed by atoms with Gasteiger partial charge in [0, 0.05) is 0 Å². The Morgan fingerprint density at radius 2 is 1.78 bits per heavy atom. The molecule has 0 aromatic heterocycles. The molecule has 0 aliphatic heterocycles. The van der Waals surface area contributed by atoms with Gasteiger partial charge in [-0.15, -0.1) is 0 Å². The first kappa shape index (κ1) is 19.0. The summed E-state index contributed by atoms with van der Waals surface area (Å²) in [5.74, 6) is 0. The van der Waals surface area contributed by atoms with Gasteiger partial charge in [-0.2, -0.15) is 0 Å². The van der Waals surface area contributed by atoms with E-state index < -0.39 is 0 Å². The van der Waals surface area contributed by atoms with Crippen molar-refractivity contribution in [2.45, 2.75) is 47.5 Å². The molecule has 1 aromatic rings. The van der Waals surface area contributed by atoms with E-state index in [1.807, 2.05) is 12.2 Å². The minimum Gasteiger partial charge on any atom is -0.0991 e. The molecule has 1 rings (SSSR count). The largest absolute Gasteiger partial charge is 0.0991 e. The summed E-state index contributed by atoms with van der Waals surface area (Å²) in [4.78, 5) is 0. The Balaban J connectivity index is 3.01. The van der Waals surface area contributed by atoms with Gasteiger partial charge in [-0.1, -0.05) is 73.7 Å². The smallest absolute Gasteiger partial charge is 0.00949 e. The molecule has 0 heterocycles. The first-order chi connectivity index (χ1) is 11.0. The van der Waals surface area contributed by atoms with Gasteiger partial charge in [-0.05, 0) is 68.4 Å². The highest BCUT2D eigenvalue weighted by Crippen LogP contribution is 2.26. The SMILES string of the molecule is C=C/C=C\C(C/C=C\C(C)=C(/CC)c1ccccc1C)=C(C)C. The lowest BCUT2D eigenvalue weighted by Gasteiger charge is -2.11. The first-order valence-electron chi connectivity index (χ1n) is 8.39. The number of hydrogen-bond acceptors (Lipinski definition) is 0. The quantitative estimate of drug-likeness (QED) is 0.467. The van der Waals surface area contributed by atoms with Gasteiger partial charge in [0.2, 0.25) is 0 Å². The first-order valence-corrected chi connectivity index (χ1v) is 8.39. The maximum absolute atomic E-state index is 3.74. The van der Waals surface area contributed by atoms with Crippen LogP contribution in [0.2, 0.25) is 0 Å². The maximum atomic E-state index is 3.74. The van der Waals surface area contributed by atoms with Crippen molar-refractivity contribution in [3.8, 4) is 0 Å². The summed E-state index contributed by atoms with van der Waals surface area (Å²) in [6.45, 7) is 14.7. The summed E-state index contributed by atoms with van der Waals surface area (Å²) in [6.07, 6.45) is 12.5. The van der Waals surface area contributed by atoms with Gasteiger partial charge in [0.05, 0.1) is 0 Å². The maximum Gasteiger partial charge on any atom is -0.00949 e. The van der Waals surface area contributed by atoms with E-state index in [0.717, 1.165) is 12.8 Å². The molecule has 0 fully saturated rings. The average molecular weight is 306 g/mol. The van der Waals surface area contributed by atoms with Crippen LogP contribution in [-0.2, 0) is 0 Å². The molecule has 0 spiro atoms. The zero-order chi connectivity index (χ0) is 17.2. The van der Waals surface area contributed by atoms with Crippen LogP contribution in [0, 0.1) is 6.92 Å². The highest BCUT2D eigenvalue weighted by atomic mass is 14.1. The molecular formula is C23H30. The Kier molecular flexibility index (Phi) is 8.11. The minimum absolute atomic E-state index is 0.953. The van der Waals surface area contributed by atoms with Crippen molar-refractivity contribution >= 4 is 5.57 Å². The van der Waals surface area contributed by atoms with Crippen molar-refractivity contribution in [3.63, 3.8) is 0 Å². The molecule has 0 atom stereocenters. The Hall–Kier alpha value is -2.08. The standard InChI is InChI=1S/C23H30/c1-7-9-15-21(18(3)4)16-12-14-19(5)22(8-2)23-17-11-10-13-20(23)6/h7,9-15,17H,1,8,16H2,2-6H3/b14-12-,15-9-,22-19+. The van der Waals surface area contributed by atoms with E-state index in [-0.39, 0.29) is 0 Å². The molecule has 23 heavy (non-hydrogen) atoms. The molecule has 0 unspecified atom stereocenters. The van der Waals surface area contributed by atoms with Crippen LogP contribution in [0.5, 0.6) is 0 Å². The summed E-state index contributed by atoms with van der Waals surface area (Å²) in [6, 6.07) is 8.63. The number of benzene rings is 1. The van der Waals surface area contributed by atoms with E-state index in [4.69, 9.17) is 0 Å². The van der Waals surface area contributed by atoms with E-state index in [1.54, 1.807) is 0 Å². The molecule has 0 nitrogen and oxygen atoms in total. The molecule has 1 aromatic carbocycles. The third-order valence-electron chi connectivity index (χ3n) is 4.08. The second kappa shape index (κ2) is 9.84. The zero-order valence-corrected chi connectivity index (χ0v) is 15.3. The van der Waals surface area contributed by atoms with Crippen molar-refractivity contribution in [1.82, 2.24) is 0 Å². The zero-order valence-electron chi connectivity index (χ0n) is 15.3. The van der Waals surface area contributed by atoms with E-state index >= 15 is 0 Å². The van der Waals surface area contributed by atoms with Crippen LogP contribution in [0.4, 0.5) is 0 Å². The van der Waals surface area contributed by atoms with Crippen LogP contribution in [0.25, 0.3) is 5.57 Å². The van der Waals surface area contributed by atoms with Gasteiger partial charge in [-0.3, -0.25) is 0 Å². The molecular weight excluding hydrogens is 276 g/mol. The van der Waals surface area contributed by atoms with E-state index in [2.05, 4.69) is 83.7 Å². The third kappa shape index (κ3) is 5.90. The van der Waals surface area contributed by atoms with Gasteiger partial charge < -0.3 is 0 Å². The molecule has 0 aliphatic rings. The van der Waals surface area contributed by atoms with E-state index in [1.165, 1.54) is 33.4 Å². The summed E-state index contributed by atoms with van der Waals surface area (Å²) < 4.78 is 0. The van der Waals surface area contributed by atoms with Crippen LogP contribution < -0.4 is 0 Å². The van der Waals surface area contributed by atoms with Crippen molar-refractivity contribution in [3.05, 3.63) is 89.1 Å². The van der Waals surface area contributed by atoms with Gasteiger partial charge in [0.25, 0.3) is 0 Å². The molecule has 0 amide bonds. The van der Waals surface area contributed by atoms with Gasteiger partial charge in [-0.25, -0.2) is 0 Å². The molecule has 122 valence electrons. The molecule has 0 aliphatic carbocycles. The monoisotopic (exact) mass is 306 g/mol. The molecule has 0 saturated heterocycles. The van der Waals surface area contributed by atoms with Crippen LogP contribution in [0.3, 0.4) is 0 Å². The van der Waals surface area contributed by atoms with E-state index in [9.17, 15) is 0 Å². The van der Waals surface area contributed by atoms with Crippen LogP contribution in [-0.4, -0.2) is 0 Å². The Morgan fingerprint density at radius 1 is 1.09 bits per heavy atom.